The van der Waals surface area contributed by atoms with Gasteiger partial charge in [-0.05, 0) is 34.7 Å². The van der Waals surface area contributed by atoms with Gasteiger partial charge in [0.15, 0.2) is 0 Å². The van der Waals surface area contributed by atoms with E-state index in [1.807, 2.05) is 0 Å². The molecule has 0 bridgehead atoms. The van der Waals surface area contributed by atoms with Crippen LogP contribution in [0.5, 0.6) is 5.88 Å². The first-order valence-corrected chi connectivity index (χ1v) is 6.98. The number of hydrogen-bond acceptors (Lipinski definition) is 5. The Bertz CT molecular complexity index is 415. The van der Waals surface area contributed by atoms with E-state index in [-0.39, 0.29) is 0 Å². The van der Waals surface area contributed by atoms with E-state index in [9.17, 15) is 0 Å². The summed E-state index contributed by atoms with van der Waals surface area (Å²) in [4.78, 5) is 11.0. The van der Waals surface area contributed by atoms with Crippen molar-refractivity contribution < 1.29 is 4.74 Å². The van der Waals surface area contributed by atoms with Crippen LogP contribution >= 0.6 is 15.9 Å². The Hall–Kier alpha value is -0.880. The topological polar surface area (TPSA) is 64.3 Å². The van der Waals surface area contributed by atoms with Gasteiger partial charge in [-0.3, -0.25) is 0 Å². The molecule has 0 radical (unpaired) electrons. The number of nitrogens with zero attached hydrogens (tertiary/aromatic N) is 3. The average Bonchev–Trinajstić information content (AvgIpc) is 2.39. The van der Waals surface area contributed by atoms with Crippen LogP contribution in [0.3, 0.4) is 0 Å². The highest BCUT2D eigenvalue weighted by Crippen LogP contribution is 2.28. The number of anilines is 1. The second kappa shape index (κ2) is 5.84. The van der Waals surface area contributed by atoms with Gasteiger partial charge in [0.2, 0.25) is 11.8 Å². The molecule has 0 aliphatic carbocycles. The van der Waals surface area contributed by atoms with E-state index in [0.717, 1.165) is 23.9 Å². The standard InChI is InChI=1S/C12H19BrN4O/c1-8-3-4-17(9(5-8)6-14)12-15-7-10(13)11(16-12)18-2/h7-9H,3-6,14H2,1-2H3. The van der Waals surface area contributed by atoms with Crippen LogP contribution in [0.1, 0.15) is 19.8 Å². The predicted octanol–water partition coefficient (Wildman–Crippen LogP) is 1.81. The van der Waals surface area contributed by atoms with Gasteiger partial charge in [-0.15, -0.1) is 0 Å². The molecule has 1 aliphatic rings. The molecular weight excluding hydrogens is 296 g/mol. The number of nitrogens with two attached hydrogens (primary N) is 1. The molecule has 0 saturated carbocycles. The summed E-state index contributed by atoms with van der Waals surface area (Å²) < 4.78 is 5.98. The summed E-state index contributed by atoms with van der Waals surface area (Å²) in [5.41, 5.74) is 5.86. The van der Waals surface area contributed by atoms with Gasteiger partial charge in [0, 0.05) is 19.1 Å². The maximum atomic E-state index is 5.86. The maximum absolute atomic E-state index is 5.86. The lowest BCUT2D eigenvalue weighted by Crippen LogP contribution is -2.47. The molecule has 1 fully saturated rings. The van der Waals surface area contributed by atoms with Crippen LogP contribution < -0.4 is 15.4 Å². The highest BCUT2D eigenvalue weighted by Gasteiger charge is 2.27. The lowest BCUT2D eigenvalue weighted by molar-refractivity contribution is 0.358. The Balaban J connectivity index is 2.24. The molecule has 1 aromatic heterocycles. The van der Waals surface area contributed by atoms with Gasteiger partial charge < -0.3 is 15.4 Å². The fraction of sp³-hybridized carbons (Fsp3) is 0.667. The van der Waals surface area contributed by atoms with E-state index < -0.39 is 0 Å². The van der Waals surface area contributed by atoms with Crippen molar-refractivity contribution in [2.45, 2.75) is 25.8 Å². The van der Waals surface area contributed by atoms with Crippen molar-refractivity contribution in [1.29, 1.82) is 0 Å². The second-order valence-electron chi connectivity index (χ2n) is 4.74. The lowest BCUT2D eigenvalue weighted by atomic mass is 9.93. The highest BCUT2D eigenvalue weighted by molar-refractivity contribution is 9.10. The summed E-state index contributed by atoms with van der Waals surface area (Å²) in [6.07, 6.45) is 3.98. The molecule has 2 heterocycles. The Morgan fingerprint density at radius 1 is 1.61 bits per heavy atom. The molecule has 6 heteroatoms. The van der Waals surface area contributed by atoms with Crippen LogP contribution in [-0.2, 0) is 0 Å². The number of piperidine rings is 1. The molecule has 1 saturated heterocycles. The first kappa shape index (κ1) is 13.5. The molecule has 1 aromatic rings. The van der Waals surface area contributed by atoms with Gasteiger partial charge in [-0.2, -0.15) is 4.98 Å². The minimum atomic E-state index is 0.319. The smallest absolute Gasteiger partial charge is 0.232 e. The zero-order chi connectivity index (χ0) is 13.1. The van der Waals surface area contributed by atoms with Gasteiger partial charge in [0.25, 0.3) is 0 Å². The van der Waals surface area contributed by atoms with Crippen LogP contribution in [0.15, 0.2) is 10.7 Å². The first-order chi connectivity index (χ1) is 8.65. The highest BCUT2D eigenvalue weighted by atomic mass is 79.9. The first-order valence-electron chi connectivity index (χ1n) is 6.19. The molecule has 2 atom stereocenters. The number of aromatic nitrogens is 2. The van der Waals surface area contributed by atoms with Gasteiger partial charge >= 0.3 is 0 Å². The lowest BCUT2D eigenvalue weighted by Gasteiger charge is -2.38. The third-order valence-electron chi connectivity index (χ3n) is 3.40. The Kier molecular flexibility index (Phi) is 4.40. The minimum Gasteiger partial charge on any atom is -0.480 e. The molecule has 5 nitrogen and oxygen atoms in total. The second-order valence-corrected chi connectivity index (χ2v) is 5.59. The Morgan fingerprint density at radius 2 is 2.39 bits per heavy atom. The number of rotatable bonds is 3. The van der Waals surface area contributed by atoms with E-state index in [1.165, 1.54) is 0 Å². The summed E-state index contributed by atoms with van der Waals surface area (Å²) in [6, 6.07) is 0.319. The molecule has 1 aliphatic heterocycles. The van der Waals surface area contributed by atoms with Crippen LogP contribution in [-0.4, -0.2) is 36.2 Å². The average molecular weight is 315 g/mol. The monoisotopic (exact) mass is 314 g/mol. The Labute approximate surface area is 116 Å². The van der Waals surface area contributed by atoms with Gasteiger partial charge in [-0.25, -0.2) is 4.98 Å². The van der Waals surface area contributed by atoms with E-state index >= 15 is 0 Å². The van der Waals surface area contributed by atoms with Gasteiger partial charge in [0.05, 0.1) is 17.8 Å². The Morgan fingerprint density at radius 3 is 3.06 bits per heavy atom. The summed E-state index contributed by atoms with van der Waals surface area (Å²) in [5.74, 6) is 1.99. The van der Waals surface area contributed by atoms with Crippen molar-refractivity contribution in [2.75, 3.05) is 25.1 Å². The van der Waals surface area contributed by atoms with E-state index in [1.54, 1.807) is 13.3 Å². The molecular formula is C12H19BrN4O. The number of methoxy groups -OCH3 is 1. The fourth-order valence-corrected chi connectivity index (χ4v) is 2.72. The minimum absolute atomic E-state index is 0.319. The van der Waals surface area contributed by atoms with Crippen LogP contribution in [0, 0.1) is 5.92 Å². The molecule has 0 amide bonds. The normalized spacial score (nSPS) is 24.1. The van der Waals surface area contributed by atoms with E-state index in [4.69, 9.17) is 10.5 Å². The maximum Gasteiger partial charge on any atom is 0.232 e. The summed E-state index contributed by atoms with van der Waals surface area (Å²) >= 11 is 3.36. The molecule has 2 rings (SSSR count). The van der Waals surface area contributed by atoms with Crippen molar-refractivity contribution in [1.82, 2.24) is 9.97 Å². The predicted molar refractivity (Wildman–Crippen MR) is 74.9 cm³/mol. The van der Waals surface area contributed by atoms with E-state index in [2.05, 4.69) is 37.7 Å². The largest absolute Gasteiger partial charge is 0.480 e. The molecule has 0 spiro atoms. The third kappa shape index (κ3) is 2.75. The molecule has 2 unspecified atom stereocenters. The van der Waals surface area contributed by atoms with Crippen LogP contribution in [0.2, 0.25) is 0 Å². The zero-order valence-electron chi connectivity index (χ0n) is 10.8. The molecule has 0 aromatic carbocycles. The molecule has 18 heavy (non-hydrogen) atoms. The number of halogens is 1. The van der Waals surface area contributed by atoms with E-state index in [0.29, 0.717) is 30.3 Å². The summed E-state index contributed by atoms with van der Waals surface area (Å²) in [7, 11) is 1.61. The zero-order valence-corrected chi connectivity index (χ0v) is 12.4. The quantitative estimate of drug-likeness (QED) is 0.921. The van der Waals surface area contributed by atoms with Crippen molar-refractivity contribution >= 4 is 21.9 Å². The summed E-state index contributed by atoms with van der Waals surface area (Å²) in [6.45, 7) is 3.85. The van der Waals surface area contributed by atoms with Crippen LogP contribution in [0.4, 0.5) is 5.95 Å². The van der Waals surface area contributed by atoms with Crippen molar-refractivity contribution in [3.8, 4) is 5.88 Å². The third-order valence-corrected chi connectivity index (χ3v) is 3.94. The van der Waals surface area contributed by atoms with Crippen molar-refractivity contribution in [2.24, 2.45) is 11.7 Å². The van der Waals surface area contributed by atoms with Gasteiger partial charge in [0.1, 0.15) is 0 Å². The van der Waals surface area contributed by atoms with Crippen molar-refractivity contribution in [3.63, 3.8) is 0 Å². The summed E-state index contributed by atoms with van der Waals surface area (Å²) in [5, 5.41) is 0. The van der Waals surface area contributed by atoms with Crippen LogP contribution in [0.25, 0.3) is 0 Å². The van der Waals surface area contributed by atoms with Gasteiger partial charge in [-0.1, -0.05) is 6.92 Å². The number of ether oxygens (including phenoxy) is 1. The molecule has 100 valence electrons. The van der Waals surface area contributed by atoms with Crippen molar-refractivity contribution in [3.05, 3.63) is 10.7 Å². The SMILES string of the molecule is COc1nc(N2CCC(C)CC2CN)ncc1Br. The number of hydrogen-bond donors (Lipinski definition) is 1. The molecule has 2 N–H and O–H groups in total. The fourth-order valence-electron chi connectivity index (χ4n) is 2.36.